The number of benzene rings is 1. The Morgan fingerprint density at radius 2 is 1.82 bits per heavy atom. The Labute approximate surface area is 104 Å². The number of nitriles is 1. The summed E-state index contributed by atoms with van der Waals surface area (Å²) in [5, 5.41) is 7.74. The number of hydrogen-bond donors (Lipinski definition) is 0. The van der Waals surface area contributed by atoms with E-state index in [1.165, 1.54) is 6.07 Å². The van der Waals surface area contributed by atoms with Crippen LogP contribution < -0.4 is 0 Å². The Balaban J connectivity index is 3.68. The van der Waals surface area contributed by atoms with Gasteiger partial charge in [0.25, 0.3) is 9.05 Å². The lowest BCUT2D eigenvalue weighted by Gasteiger charge is -2.11. The third kappa shape index (κ3) is 2.83. The Bertz CT molecular complexity index is 604. The molecule has 3 nitrogen and oxygen atoms in total. The summed E-state index contributed by atoms with van der Waals surface area (Å²) in [7, 11) is 0.650. The Morgan fingerprint density at radius 3 is 2.18 bits per heavy atom. The maximum atomic E-state index is 12.5. The summed E-state index contributed by atoms with van der Waals surface area (Å²) < 4.78 is 59.3. The van der Waals surface area contributed by atoms with Gasteiger partial charge in [-0.1, -0.05) is 11.6 Å². The van der Waals surface area contributed by atoms with Gasteiger partial charge in [0.2, 0.25) is 0 Å². The molecule has 0 atom stereocenters. The van der Waals surface area contributed by atoms with Crippen LogP contribution in [0.5, 0.6) is 0 Å². The lowest BCUT2D eigenvalue weighted by molar-refractivity contribution is -0.137. The molecule has 0 saturated heterocycles. The lowest BCUT2D eigenvalue weighted by atomic mass is 10.1. The zero-order chi connectivity index (χ0) is 13.4. The molecule has 0 saturated carbocycles. The van der Waals surface area contributed by atoms with Crippen LogP contribution in [0.2, 0.25) is 5.02 Å². The van der Waals surface area contributed by atoms with Gasteiger partial charge < -0.3 is 0 Å². The Kier molecular flexibility index (Phi) is 3.62. The van der Waals surface area contributed by atoms with Gasteiger partial charge in [-0.3, -0.25) is 0 Å². The van der Waals surface area contributed by atoms with Gasteiger partial charge in [0.1, 0.15) is 11.0 Å². The second kappa shape index (κ2) is 4.37. The number of rotatable bonds is 1. The lowest BCUT2D eigenvalue weighted by Crippen LogP contribution is -2.09. The van der Waals surface area contributed by atoms with Gasteiger partial charge in [0, 0.05) is 10.7 Å². The summed E-state index contributed by atoms with van der Waals surface area (Å²) >= 11 is 5.42. The molecule has 0 amide bonds. The largest absolute Gasteiger partial charge is 0.417 e. The third-order valence-electron chi connectivity index (χ3n) is 1.79. The molecule has 1 aromatic rings. The summed E-state index contributed by atoms with van der Waals surface area (Å²) in [4.78, 5) is -0.731. The molecule has 92 valence electrons. The first kappa shape index (κ1) is 14.1. The molecule has 1 rings (SSSR count). The first-order valence-electron chi connectivity index (χ1n) is 3.83. The second-order valence-electron chi connectivity index (χ2n) is 2.85. The molecule has 0 aliphatic carbocycles. The summed E-state index contributed by atoms with van der Waals surface area (Å²) in [6.07, 6.45) is -4.80. The van der Waals surface area contributed by atoms with Crippen molar-refractivity contribution >= 4 is 31.3 Å². The predicted octanol–water partition coefficient (Wildman–Crippen LogP) is 3.16. The minimum absolute atomic E-state index is 0.444. The van der Waals surface area contributed by atoms with Crippen molar-refractivity contribution in [3.05, 3.63) is 28.3 Å². The van der Waals surface area contributed by atoms with Gasteiger partial charge >= 0.3 is 6.18 Å². The van der Waals surface area contributed by atoms with E-state index in [0.29, 0.717) is 12.1 Å². The van der Waals surface area contributed by atoms with Crippen LogP contribution in [0.15, 0.2) is 17.0 Å². The van der Waals surface area contributed by atoms with E-state index in [2.05, 4.69) is 0 Å². The predicted molar refractivity (Wildman–Crippen MR) is 54.2 cm³/mol. The fourth-order valence-corrected chi connectivity index (χ4v) is 2.65. The summed E-state index contributed by atoms with van der Waals surface area (Å²) in [5.74, 6) is 0. The average molecular weight is 304 g/mol. The normalized spacial score (nSPS) is 12.2. The molecule has 0 heterocycles. The molecule has 1 aromatic carbocycles. The fraction of sp³-hybridized carbons (Fsp3) is 0.125. The van der Waals surface area contributed by atoms with Crippen molar-refractivity contribution < 1.29 is 21.6 Å². The quantitative estimate of drug-likeness (QED) is 0.749. The molecule has 17 heavy (non-hydrogen) atoms. The van der Waals surface area contributed by atoms with Crippen molar-refractivity contribution in [2.24, 2.45) is 0 Å². The van der Waals surface area contributed by atoms with Crippen molar-refractivity contribution in [3.8, 4) is 6.07 Å². The van der Waals surface area contributed by atoms with Gasteiger partial charge in [0.15, 0.2) is 0 Å². The molecule has 0 fully saturated rings. The smallest absolute Gasteiger partial charge is 0.207 e. The van der Waals surface area contributed by atoms with E-state index in [1.54, 1.807) is 0 Å². The average Bonchev–Trinajstić information content (AvgIpc) is 2.13. The monoisotopic (exact) mass is 303 g/mol. The minimum atomic E-state index is -4.80. The van der Waals surface area contributed by atoms with Crippen LogP contribution in [0.3, 0.4) is 0 Å². The molecule has 9 heteroatoms. The van der Waals surface area contributed by atoms with E-state index in [1.807, 2.05) is 0 Å². The van der Waals surface area contributed by atoms with Crippen LogP contribution in [0.25, 0.3) is 0 Å². The summed E-state index contributed by atoms with van der Waals surface area (Å²) in [6.45, 7) is 0. The van der Waals surface area contributed by atoms with E-state index in [-0.39, 0.29) is 0 Å². The van der Waals surface area contributed by atoms with Crippen molar-refractivity contribution in [3.63, 3.8) is 0 Å². The maximum absolute atomic E-state index is 12.5. The molecular formula is C8H2Cl2F3NO2S. The highest BCUT2D eigenvalue weighted by Crippen LogP contribution is 2.38. The highest BCUT2D eigenvalue weighted by Gasteiger charge is 2.36. The zero-order valence-corrected chi connectivity index (χ0v) is 10.0. The van der Waals surface area contributed by atoms with Crippen molar-refractivity contribution in [2.75, 3.05) is 0 Å². The summed E-state index contributed by atoms with van der Waals surface area (Å²) in [5.41, 5.74) is -2.28. The first-order valence-corrected chi connectivity index (χ1v) is 6.52. The van der Waals surface area contributed by atoms with Crippen LogP contribution >= 0.6 is 22.3 Å². The highest BCUT2D eigenvalue weighted by molar-refractivity contribution is 8.13. The highest BCUT2D eigenvalue weighted by atomic mass is 35.7. The number of alkyl halides is 3. The van der Waals surface area contributed by atoms with Gasteiger partial charge in [0.05, 0.1) is 16.1 Å². The topological polar surface area (TPSA) is 57.9 Å². The fourth-order valence-electron chi connectivity index (χ4n) is 1.09. The van der Waals surface area contributed by atoms with Crippen LogP contribution in [-0.4, -0.2) is 8.42 Å². The Morgan fingerprint density at radius 1 is 1.29 bits per heavy atom. The second-order valence-corrected chi connectivity index (χ2v) is 5.76. The van der Waals surface area contributed by atoms with Gasteiger partial charge in [-0.2, -0.15) is 18.4 Å². The van der Waals surface area contributed by atoms with E-state index >= 15 is 0 Å². The third-order valence-corrected chi connectivity index (χ3v) is 3.66. The summed E-state index contributed by atoms with van der Waals surface area (Å²) in [6, 6.07) is 2.26. The van der Waals surface area contributed by atoms with E-state index in [9.17, 15) is 21.6 Å². The van der Waals surface area contributed by atoms with Crippen LogP contribution in [-0.2, 0) is 15.2 Å². The number of halogens is 5. The van der Waals surface area contributed by atoms with Crippen LogP contribution in [0.1, 0.15) is 11.1 Å². The van der Waals surface area contributed by atoms with Gasteiger partial charge in [-0.05, 0) is 12.1 Å². The molecule has 0 aromatic heterocycles. The number of nitrogens with zero attached hydrogens (tertiary/aromatic N) is 1. The van der Waals surface area contributed by atoms with Crippen molar-refractivity contribution in [1.82, 2.24) is 0 Å². The van der Waals surface area contributed by atoms with Gasteiger partial charge in [-0.15, -0.1) is 0 Å². The van der Waals surface area contributed by atoms with E-state index in [0.717, 1.165) is 0 Å². The molecule has 0 N–H and O–H groups in total. The molecule has 0 aliphatic heterocycles. The standard InChI is InChI=1S/C8H2Cl2F3NO2S/c9-7-4(3-14)5(8(11,12)13)1-2-6(7)17(10,15)16/h1-2H. The molecule has 0 spiro atoms. The zero-order valence-electron chi connectivity index (χ0n) is 7.72. The van der Waals surface area contributed by atoms with Crippen molar-refractivity contribution in [1.29, 1.82) is 5.26 Å². The molecule has 0 bridgehead atoms. The van der Waals surface area contributed by atoms with Crippen LogP contribution in [0, 0.1) is 11.3 Å². The molecule has 0 aliphatic rings. The Hall–Kier alpha value is -0.970. The number of hydrogen-bond acceptors (Lipinski definition) is 3. The van der Waals surface area contributed by atoms with E-state index in [4.69, 9.17) is 27.5 Å². The van der Waals surface area contributed by atoms with Crippen LogP contribution in [0.4, 0.5) is 13.2 Å². The van der Waals surface area contributed by atoms with Gasteiger partial charge in [-0.25, -0.2) is 8.42 Å². The van der Waals surface area contributed by atoms with Crippen molar-refractivity contribution in [2.45, 2.75) is 11.1 Å². The minimum Gasteiger partial charge on any atom is -0.207 e. The maximum Gasteiger partial charge on any atom is 0.417 e. The molecular weight excluding hydrogens is 302 g/mol. The van der Waals surface area contributed by atoms with E-state index < -0.39 is 36.3 Å². The SMILES string of the molecule is N#Cc1c(C(F)(F)F)ccc(S(=O)(=O)Cl)c1Cl. The molecule has 0 radical (unpaired) electrons. The molecule has 0 unspecified atom stereocenters. The first-order chi connectivity index (χ1) is 7.59.